The minimum absolute atomic E-state index is 0.309. The molecule has 2 aliphatic heterocycles. The summed E-state index contributed by atoms with van der Waals surface area (Å²) in [6.45, 7) is 1.02. The van der Waals surface area contributed by atoms with Gasteiger partial charge in [0.1, 0.15) is 0 Å². The maximum absolute atomic E-state index is 6.13. The van der Waals surface area contributed by atoms with Crippen LogP contribution in [0.2, 0.25) is 0 Å². The van der Waals surface area contributed by atoms with E-state index < -0.39 is 0 Å². The van der Waals surface area contributed by atoms with Gasteiger partial charge in [-0.1, -0.05) is 0 Å². The highest BCUT2D eigenvalue weighted by Crippen LogP contribution is 2.48. The standard InChI is InChI=1S/C16H26O2/c1-2-10-17-16(7-1)8-5-12(6-9-16)11-13-3-4-14-15(13)18-14/h12-15H,1-11H2. The van der Waals surface area contributed by atoms with Crippen molar-refractivity contribution in [2.24, 2.45) is 11.8 Å². The van der Waals surface area contributed by atoms with E-state index in [2.05, 4.69) is 0 Å². The first kappa shape index (κ1) is 11.7. The van der Waals surface area contributed by atoms with Crippen molar-refractivity contribution in [1.29, 1.82) is 0 Å². The third kappa shape index (κ3) is 2.12. The molecule has 2 saturated heterocycles. The van der Waals surface area contributed by atoms with E-state index >= 15 is 0 Å². The third-order valence-corrected chi connectivity index (χ3v) is 6.00. The second-order valence-electron chi connectivity index (χ2n) is 7.14. The van der Waals surface area contributed by atoms with Crippen molar-refractivity contribution >= 4 is 0 Å². The minimum atomic E-state index is 0.309. The van der Waals surface area contributed by atoms with Gasteiger partial charge in [0.05, 0.1) is 17.8 Å². The number of epoxide rings is 1. The van der Waals surface area contributed by atoms with Gasteiger partial charge in [-0.3, -0.25) is 0 Å². The molecule has 1 spiro atoms. The molecule has 0 aromatic rings. The van der Waals surface area contributed by atoms with Crippen LogP contribution in [0.4, 0.5) is 0 Å². The summed E-state index contributed by atoms with van der Waals surface area (Å²) >= 11 is 0. The largest absolute Gasteiger partial charge is 0.375 e. The molecule has 2 nitrogen and oxygen atoms in total. The van der Waals surface area contributed by atoms with Crippen LogP contribution in [-0.4, -0.2) is 24.4 Å². The zero-order valence-electron chi connectivity index (χ0n) is 11.4. The molecule has 0 aromatic carbocycles. The number of rotatable bonds is 2. The molecule has 2 heteroatoms. The van der Waals surface area contributed by atoms with Crippen LogP contribution in [-0.2, 0) is 9.47 Å². The topological polar surface area (TPSA) is 21.8 Å². The van der Waals surface area contributed by atoms with Crippen molar-refractivity contribution in [3.8, 4) is 0 Å². The molecular weight excluding hydrogens is 224 g/mol. The van der Waals surface area contributed by atoms with Gasteiger partial charge < -0.3 is 9.47 Å². The lowest BCUT2D eigenvalue weighted by molar-refractivity contribution is -0.107. The zero-order chi connectivity index (χ0) is 12.0. The van der Waals surface area contributed by atoms with E-state index in [0.29, 0.717) is 17.8 Å². The molecule has 0 amide bonds. The number of fused-ring (bicyclic) bond motifs is 1. The molecule has 3 unspecified atom stereocenters. The Morgan fingerprint density at radius 1 is 0.944 bits per heavy atom. The summed E-state index contributed by atoms with van der Waals surface area (Å²) in [5.74, 6) is 1.87. The summed E-state index contributed by atoms with van der Waals surface area (Å²) in [5, 5.41) is 0. The molecule has 3 atom stereocenters. The molecule has 102 valence electrons. The smallest absolute Gasteiger partial charge is 0.0870 e. The number of ether oxygens (including phenoxy) is 2. The van der Waals surface area contributed by atoms with Gasteiger partial charge in [-0.25, -0.2) is 0 Å². The van der Waals surface area contributed by atoms with Crippen molar-refractivity contribution in [2.75, 3.05) is 6.61 Å². The Labute approximate surface area is 110 Å². The molecule has 4 rings (SSSR count). The van der Waals surface area contributed by atoms with E-state index in [1.807, 2.05) is 0 Å². The van der Waals surface area contributed by atoms with Crippen LogP contribution in [0.3, 0.4) is 0 Å². The Morgan fingerprint density at radius 2 is 1.83 bits per heavy atom. The van der Waals surface area contributed by atoms with Crippen molar-refractivity contribution < 1.29 is 9.47 Å². The lowest BCUT2D eigenvalue weighted by Crippen LogP contribution is -2.40. The SMILES string of the molecule is C1CCC2(CCC(CC3CCC4OC34)CC2)OC1. The van der Waals surface area contributed by atoms with Gasteiger partial charge in [0.25, 0.3) is 0 Å². The first-order chi connectivity index (χ1) is 8.85. The normalized spacial score (nSPS) is 51.3. The van der Waals surface area contributed by atoms with Crippen molar-refractivity contribution in [3.63, 3.8) is 0 Å². The summed E-state index contributed by atoms with van der Waals surface area (Å²) in [6, 6.07) is 0. The van der Waals surface area contributed by atoms with E-state index in [1.165, 1.54) is 64.2 Å². The summed E-state index contributed by atoms with van der Waals surface area (Å²) in [6.07, 6.45) is 15.1. The third-order valence-electron chi connectivity index (χ3n) is 6.00. The second kappa shape index (κ2) is 4.49. The zero-order valence-corrected chi connectivity index (χ0v) is 11.4. The molecule has 18 heavy (non-hydrogen) atoms. The predicted molar refractivity (Wildman–Crippen MR) is 70.5 cm³/mol. The Balaban J connectivity index is 1.29. The fourth-order valence-corrected chi connectivity index (χ4v) is 4.77. The van der Waals surface area contributed by atoms with Crippen LogP contribution >= 0.6 is 0 Å². The highest BCUT2D eigenvalue weighted by atomic mass is 16.6. The van der Waals surface area contributed by atoms with Gasteiger partial charge in [0.15, 0.2) is 0 Å². The molecule has 4 aliphatic rings. The molecule has 0 radical (unpaired) electrons. The van der Waals surface area contributed by atoms with E-state index in [-0.39, 0.29) is 0 Å². The first-order valence-corrected chi connectivity index (χ1v) is 8.14. The highest BCUT2D eigenvalue weighted by molar-refractivity contribution is 4.99. The van der Waals surface area contributed by atoms with Gasteiger partial charge in [0.2, 0.25) is 0 Å². The van der Waals surface area contributed by atoms with Gasteiger partial charge in [-0.2, -0.15) is 0 Å². The van der Waals surface area contributed by atoms with Gasteiger partial charge in [-0.05, 0) is 76.0 Å². The van der Waals surface area contributed by atoms with Crippen LogP contribution < -0.4 is 0 Å². The maximum atomic E-state index is 6.13. The second-order valence-corrected chi connectivity index (χ2v) is 7.14. The number of hydrogen-bond acceptors (Lipinski definition) is 2. The fourth-order valence-electron chi connectivity index (χ4n) is 4.77. The van der Waals surface area contributed by atoms with E-state index in [9.17, 15) is 0 Å². The van der Waals surface area contributed by atoms with E-state index in [4.69, 9.17) is 9.47 Å². The first-order valence-electron chi connectivity index (χ1n) is 8.14. The molecule has 0 bridgehead atoms. The maximum Gasteiger partial charge on any atom is 0.0870 e. The summed E-state index contributed by atoms with van der Waals surface area (Å²) in [5.41, 5.74) is 0.309. The Kier molecular flexibility index (Phi) is 2.92. The highest BCUT2D eigenvalue weighted by Gasteiger charge is 2.50. The van der Waals surface area contributed by atoms with Crippen LogP contribution in [0.25, 0.3) is 0 Å². The van der Waals surface area contributed by atoms with Crippen LogP contribution in [0.5, 0.6) is 0 Å². The predicted octanol–water partition coefficient (Wildman–Crippen LogP) is 3.68. The molecular formula is C16H26O2. The average molecular weight is 250 g/mol. The Bertz CT molecular complexity index is 298. The van der Waals surface area contributed by atoms with Crippen molar-refractivity contribution in [1.82, 2.24) is 0 Å². The molecule has 4 fully saturated rings. The van der Waals surface area contributed by atoms with Crippen LogP contribution in [0.1, 0.15) is 64.2 Å². The Hall–Kier alpha value is -0.0800. The lowest BCUT2D eigenvalue weighted by atomic mass is 9.73. The summed E-state index contributed by atoms with van der Waals surface area (Å²) < 4.78 is 11.8. The molecule has 2 aliphatic carbocycles. The van der Waals surface area contributed by atoms with Gasteiger partial charge in [0, 0.05) is 6.61 Å². The van der Waals surface area contributed by atoms with E-state index in [0.717, 1.165) is 18.4 Å². The number of hydrogen-bond donors (Lipinski definition) is 0. The van der Waals surface area contributed by atoms with Crippen LogP contribution in [0, 0.1) is 11.8 Å². The van der Waals surface area contributed by atoms with Gasteiger partial charge >= 0.3 is 0 Å². The lowest BCUT2D eigenvalue weighted by Gasteiger charge is -2.43. The van der Waals surface area contributed by atoms with Crippen molar-refractivity contribution in [2.45, 2.75) is 82.0 Å². The monoisotopic (exact) mass is 250 g/mol. The molecule has 2 saturated carbocycles. The summed E-state index contributed by atoms with van der Waals surface area (Å²) in [4.78, 5) is 0. The molecule has 0 N–H and O–H groups in total. The van der Waals surface area contributed by atoms with Crippen LogP contribution in [0.15, 0.2) is 0 Å². The Morgan fingerprint density at radius 3 is 2.44 bits per heavy atom. The quantitative estimate of drug-likeness (QED) is 0.697. The van der Waals surface area contributed by atoms with Gasteiger partial charge in [-0.15, -0.1) is 0 Å². The fraction of sp³-hybridized carbons (Fsp3) is 1.00. The van der Waals surface area contributed by atoms with Crippen molar-refractivity contribution in [3.05, 3.63) is 0 Å². The molecule has 0 aromatic heterocycles. The molecule has 2 heterocycles. The van der Waals surface area contributed by atoms with E-state index in [1.54, 1.807) is 0 Å². The summed E-state index contributed by atoms with van der Waals surface area (Å²) in [7, 11) is 0. The average Bonchev–Trinajstić information content (AvgIpc) is 3.10. The minimum Gasteiger partial charge on any atom is -0.375 e.